The minimum atomic E-state index is -0.637. The van der Waals surface area contributed by atoms with Crippen LogP contribution in [0.15, 0.2) is 47.1 Å². The first-order valence-electron chi connectivity index (χ1n) is 5.16. The quantitative estimate of drug-likeness (QED) is 0.771. The molecular formula is C12H11N3O3. The van der Waals surface area contributed by atoms with Gasteiger partial charge in [0.05, 0.1) is 6.26 Å². The first-order chi connectivity index (χ1) is 8.65. The van der Waals surface area contributed by atoms with Crippen LogP contribution in [0.5, 0.6) is 0 Å². The molecule has 0 radical (unpaired) electrons. The molecule has 1 aromatic heterocycles. The highest BCUT2D eigenvalue weighted by Crippen LogP contribution is 2.14. The van der Waals surface area contributed by atoms with E-state index < -0.39 is 6.03 Å². The molecule has 1 heterocycles. The highest BCUT2D eigenvalue weighted by molar-refractivity contribution is 6.02. The second-order valence-electron chi connectivity index (χ2n) is 3.50. The van der Waals surface area contributed by atoms with Gasteiger partial charge in [0, 0.05) is 11.4 Å². The molecule has 1 aromatic carbocycles. The van der Waals surface area contributed by atoms with E-state index in [0.29, 0.717) is 11.4 Å². The van der Waals surface area contributed by atoms with Crippen molar-refractivity contribution >= 4 is 23.3 Å². The molecular weight excluding hydrogens is 234 g/mol. The Balaban J connectivity index is 2.02. The number of amides is 3. The Morgan fingerprint density at radius 3 is 2.11 bits per heavy atom. The number of anilines is 2. The van der Waals surface area contributed by atoms with E-state index in [1.54, 1.807) is 36.4 Å². The topological polar surface area (TPSA) is 97.4 Å². The molecule has 0 atom stereocenters. The largest absolute Gasteiger partial charge is 0.459 e. The SMILES string of the molecule is NC(=O)Nc1ccc(NC(=O)c2ccco2)cc1. The van der Waals surface area contributed by atoms with E-state index in [1.807, 2.05) is 0 Å². The highest BCUT2D eigenvalue weighted by atomic mass is 16.3. The molecule has 3 amide bonds. The van der Waals surface area contributed by atoms with E-state index in [1.165, 1.54) is 6.26 Å². The molecule has 0 bridgehead atoms. The standard InChI is InChI=1S/C12H11N3O3/c13-12(17)15-9-5-3-8(4-6-9)14-11(16)10-2-1-7-18-10/h1-7H,(H,14,16)(H3,13,15,17). The van der Waals surface area contributed by atoms with Crippen LogP contribution in [0.1, 0.15) is 10.6 Å². The van der Waals surface area contributed by atoms with Gasteiger partial charge in [0.1, 0.15) is 0 Å². The predicted molar refractivity (Wildman–Crippen MR) is 66.3 cm³/mol. The Labute approximate surface area is 103 Å². The molecule has 2 rings (SSSR count). The Morgan fingerprint density at radius 2 is 1.61 bits per heavy atom. The number of hydrogen-bond acceptors (Lipinski definition) is 3. The lowest BCUT2D eigenvalue weighted by Crippen LogP contribution is -2.19. The lowest BCUT2D eigenvalue weighted by atomic mass is 10.2. The van der Waals surface area contributed by atoms with Crippen molar-refractivity contribution in [1.29, 1.82) is 0 Å². The van der Waals surface area contributed by atoms with Gasteiger partial charge in [-0.1, -0.05) is 0 Å². The van der Waals surface area contributed by atoms with Crippen LogP contribution in [0.3, 0.4) is 0 Å². The second-order valence-corrected chi connectivity index (χ2v) is 3.50. The van der Waals surface area contributed by atoms with Gasteiger partial charge in [-0.2, -0.15) is 0 Å². The average Bonchev–Trinajstić information content (AvgIpc) is 2.84. The Kier molecular flexibility index (Phi) is 3.29. The maximum absolute atomic E-state index is 11.6. The average molecular weight is 245 g/mol. The van der Waals surface area contributed by atoms with Crippen molar-refractivity contribution in [2.24, 2.45) is 5.73 Å². The molecule has 0 saturated heterocycles. The van der Waals surface area contributed by atoms with Crippen LogP contribution in [0.25, 0.3) is 0 Å². The van der Waals surface area contributed by atoms with Crippen LogP contribution in [0, 0.1) is 0 Å². The molecule has 0 saturated carbocycles. The fourth-order valence-electron chi connectivity index (χ4n) is 1.38. The van der Waals surface area contributed by atoms with Gasteiger partial charge in [-0.3, -0.25) is 4.79 Å². The first kappa shape index (κ1) is 11.7. The lowest BCUT2D eigenvalue weighted by Gasteiger charge is -2.05. The number of hydrogen-bond donors (Lipinski definition) is 3. The molecule has 4 N–H and O–H groups in total. The van der Waals surface area contributed by atoms with Gasteiger partial charge in [0.15, 0.2) is 5.76 Å². The number of nitrogens with two attached hydrogens (primary N) is 1. The van der Waals surface area contributed by atoms with Gasteiger partial charge >= 0.3 is 6.03 Å². The lowest BCUT2D eigenvalue weighted by molar-refractivity contribution is 0.0996. The molecule has 0 aliphatic rings. The number of carbonyl (C=O) groups excluding carboxylic acids is 2. The van der Waals surface area contributed by atoms with Crippen molar-refractivity contribution in [1.82, 2.24) is 0 Å². The van der Waals surface area contributed by atoms with Gasteiger partial charge in [0.25, 0.3) is 5.91 Å². The number of rotatable bonds is 3. The molecule has 0 aliphatic heterocycles. The second kappa shape index (κ2) is 5.05. The Bertz CT molecular complexity index is 546. The normalized spacial score (nSPS) is 9.78. The molecule has 18 heavy (non-hydrogen) atoms. The van der Waals surface area contributed by atoms with Crippen LogP contribution < -0.4 is 16.4 Å². The third kappa shape index (κ3) is 2.88. The summed E-state index contributed by atoms with van der Waals surface area (Å²) in [6.45, 7) is 0. The predicted octanol–water partition coefficient (Wildman–Crippen LogP) is 2.02. The van der Waals surface area contributed by atoms with E-state index in [9.17, 15) is 9.59 Å². The zero-order chi connectivity index (χ0) is 13.0. The fraction of sp³-hybridized carbons (Fsp3) is 0. The summed E-state index contributed by atoms with van der Waals surface area (Å²) < 4.78 is 4.96. The van der Waals surface area contributed by atoms with Crippen molar-refractivity contribution in [2.45, 2.75) is 0 Å². The van der Waals surface area contributed by atoms with Crippen molar-refractivity contribution in [3.05, 3.63) is 48.4 Å². The third-order valence-electron chi connectivity index (χ3n) is 2.16. The molecule has 0 spiro atoms. The Morgan fingerprint density at radius 1 is 1.00 bits per heavy atom. The number of primary amides is 1. The number of benzene rings is 1. The van der Waals surface area contributed by atoms with Gasteiger partial charge in [0.2, 0.25) is 0 Å². The van der Waals surface area contributed by atoms with E-state index in [-0.39, 0.29) is 11.7 Å². The summed E-state index contributed by atoms with van der Waals surface area (Å²) in [5.41, 5.74) is 6.12. The van der Waals surface area contributed by atoms with Gasteiger partial charge in [-0.25, -0.2) is 4.79 Å². The molecule has 0 unspecified atom stereocenters. The van der Waals surface area contributed by atoms with Crippen LogP contribution in [0.4, 0.5) is 16.2 Å². The van der Waals surface area contributed by atoms with E-state index >= 15 is 0 Å². The van der Waals surface area contributed by atoms with Crippen LogP contribution in [-0.2, 0) is 0 Å². The van der Waals surface area contributed by atoms with Crippen molar-refractivity contribution in [3.8, 4) is 0 Å². The van der Waals surface area contributed by atoms with Crippen molar-refractivity contribution < 1.29 is 14.0 Å². The summed E-state index contributed by atoms with van der Waals surface area (Å²) in [4.78, 5) is 22.3. The summed E-state index contributed by atoms with van der Waals surface area (Å²) in [7, 11) is 0. The van der Waals surface area contributed by atoms with Crippen LogP contribution in [-0.4, -0.2) is 11.9 Å². The number of urea groups is 1. The zero-order valence-electron chi connectivity index (χ0n) is 9.34. The number of nitrogens with one attached hydrogen (secondary N) is 2. The summed E-state index contributed by atoms with van der Waals surface area (Å²) in [5.74, 6) is -0.107. The number of carbonyl (C=O) groups is 2. The van der Waals surface area contributed by atoms with Crippen molar-refractivity contribution in [2.75, 3.05) is 10.6 Å². The minimum Gasteiger partial charge on any atom is -0.459 e. The van der Waals surface area contributed by atoms with Crippen molar-refractivity contribution in [3.63, 3.8) is 0 Å². The molecule has 2 aromatic rings. The molecule has 0 fully saturated rings. The monoisotopic (exact) mass is 245 g/mol. The third-order valence-corrected chi connectivity index (χ3v) is 2.16. The van der Waals surface area contributed by atoms with E-state index in [4.69, 9.17) is 10.2 Å². The first-order valence-corrected chi connectivity index (χ1v) is 5.16. The van der Waals surface area contributed by atoms with Crippen LogP contribution in [0.2, 0.25) is 0 Å². The molecule has 6 nitrogen and oxygen atoms in total. The minimum absolute atomic E-state index is 0.231. The summed E-state index contributed by atoms with van der Waals surface area (Å²) in [5, 5.41) is 5.07. The summed E-state index contributed by atoms with van der Waals surface area (Å²) >= 11 is 0. The van der Waals surface area contributed by atoms with Gasteiger partial charge in [-0.15, -0.1) is 0 Å². The summed E-state index contributed by atoms with van der Waals surface area (Å²) in [6.07, 6.45) is 1.43. The highest BCUT2D eigenvalue weighted by Gasteiger charge is 2.08. The van der Waals surface area contributed by atoms with Gasteiger partial charge in [-0.05, 0) is 36.4 Å². The van der Waals surface area contributed by atoms with E-state index in [0.717, 1.165) is 0 Å². The maximum Gasteiger partial charge on any atom is 0.316 e. The van der Waals surface area contributed by atoms with Crippen LogP contribution >= 0.6 is 0 Å². The molecule has 92 valence electrons. The maximum atomic E-state index is 11.6. The molecule has 0 aliphatic carbocycles. The Hall–Kier alpha value is -2.76. The smallest absolute Gasteiger partial charge is 0.316 e. The van der Waals surface area contributed by atoms with E-state index in [2.05, 4.69) is 10.6 Å². The summed E-state index contributed by atoms with van der Waals surface area (Å²) in [6, 6.07) is 9.11. The fourth-order valence-corrected chi connectivity index (χ4v) is 1.38. The zero-order valence-corrected chi connectivity index (χ0v) is 9.34. The number of furan rings is 1. The van der Waals surface area contributed by atoms with Gasteiger partial charge < -0.3 is 20.8 Å². The molecule has 6 heteroatoms.